The molecule has 0 radical (unpaired) electrons. The van der Waals surface area contributed by atoms with E-state index in [2.05, 4.69) is 51.3 Å². The molecule has 0 bridgehead atoms. The fraction of sp³-hybridized carbons (Fsp3) is 0.562. The minimum Gasteiger partial charge on any atom is -0.351 e. The lowest BCUT2D eigenvalue weighted by Gasteiger charge is -2.20. The van der Waals surface area contributed by atoms with Crippen molar-refractivity contribution in [2.75, 3.05) is 13.1 Å². The number of rotatable bonds is 5. The van der Waals surface area contributed by atoms with Crippen molar-refractivity contribution in [1.82, 2.24) is 10.6 Å². The highest BCUT2D eigenvalue weighted by molar-refractivity contribution is 5.94. The van der Waals surface area contributed by atoms with Crippen molar-refractivity contribution in [3.63, 3.8) is 0 Å². The second-order valence-corrected chi connectivity index (χ2v) is 6.21. The summed E-state index contributed by atoms with van der Waals surface area (Å²) in [6.45, 7) is 12.0. The van der Waals surface area contributed by atoms with Gasteiger partial charge in [0.1, 0.15) is 0 Å². The maximum absolute atomic E-state index is 12.0. The number of hydrogen-bond donors (Lipinski definition) is 2. The standard InChI is InChI=1S/C16H26N2O/c1-12(2)13-7-6-8-14(11-13)15(19)17-9-10-18-16(3,4)5/h6-8,11-12,18H,9-10H2,1-5H3,(H,17,19). The van der Waals surface area contributed by atoms with Crippen LogP contribution in [-0.2, 0) is 0 Å². The molecular weight excluding hydrogens is 236 g/mol. The zero-order valence-electron chi connectivity index (χ0n) is 12.7. The quantitative estimate of drug-likeness (QED) is 0.801. The Morgan fingerprint density at radius 1 is 1.21 bits per heavy atom. The highest BCUT2D eigenvalue weighted by Crippen LogP contribution is 2.15. The summed E-state index contributed by atoms with van der Waals surface area (Å²) in [5, 5.41) is 6.28. The van der Waals surface area contributed by atoms with E-state index in [9.17, 15) is 4.79 Å². The first-order valence-corrected chi connectivity index (χ1v) is 6.93. The Labute approximate surface area is 116 Å². The van der Waals surface area contributed by atoms with Crippen LogP contribution >= 0.6 is 0 Å². The summed E-state index contributed by atoms with van der Waals surface area (Å²) in [7, 11) is 0. The number of benzene rings is 1. The Morgan fingerprint density at radius 3 is 2.47 bits per heavy atom. The minimum atomic E-state index is -0.00166. The molecule has 0 aliphatic rings. The minimum absolute atomic E-state index is 0.00166. The van der Waals surface area contributed by atoms with Crippen LogP contribution in [0.1, 0.15) is 56.5 Å². The van der Waals surface area contributed by atoms with Gasteiger partial charge in [0, 0.05) is 24.2 Å². The second kappa shape index (κ2) is 6.71. The molecule has 0 fully saturated rings. The van der Waals surface area contributed by atoms with Crippen molar-refractivity contribution in [3.8, 4) is 0 Å². The first kappa shape index (κ1) is 15.7. The molecule has 2 N–H and O–H groups in total. The van der Waals surface area contributed by atoms with Crippen LogP contribution in [0.3, 0.4) is 0 Å². The van der Waals surface area contributed by atoms with Gasteiger partial charge < -0.3 is 10.6 Å². The number of carbonyl (C=O) groups excluding carboxylic acids is 1. The average molecular weight is 262 g/mol. The first-order valence-electron chi connectivity index (χ1n) is 6.93. The van der Waals surface area contributed by atoms with Crippen LogP contribution in [0.25, 0.3) is 0 Å². The van der Waals surface area contributed by atoms with E-state index in [1.165, 1.54) is 5.56 Å². The summed E-state index contributed by atoms with van der Waals surface area (Å²) in [6.07, 6.45) is 0. The van der Waals surface area contributed by atoms with Gasteiger partial charge in [-0.05, 0) is 44.4 Å². The average Bonchev–Trinajstić information content (AvgIpc) is 2.33. The molecule has 3 nitrogen and oxygen atoms in total. The van der Waals surface area contributed by atoms with E-state index < -0.39 is 0 Å². The molecule has 0 aliphatic heterocycles. The Balaban J connectivity index is 2.48. The summed E-state index contributed by atoms with van der Waals surface area (Å²) in [5.41, 5.74) is 2.02. The molecule has 106 valence electrons. The van der Waals surface area contributed by atoms with Crippen molar-refractivity contribution >= 4 is 5.91 Å². The molecule has 1 aromatic rings. The number of amides is 1. The topological polar surface area (TPSA) is 41.1 Å². The van der Waals surface area contributed by atoms with Crippen LogP contribution in [0.5, 0.6) is 0 Å². The molecule has 0 spiro atoms. The summed E-state index contributed by atoms with van der Waals surface area (Å²) in [4.78, 5) is 12.0. The van der Waals surface area contributed by atoms with E-state index in [1.54, 1.807) is 0 Å². The molecule has 3 heteroatoms. The smallest absolute Gasteiger partial charge is 0.251 e. The van der Waals surface area contributed by atoms with Crippen molar-refractivity contribution in [2.45, 2.75) is 46.1 Å². The van der Waals surface area contributed by atoms with Crippen molar-refractivity contribution < 1.29 is 4.79 Å². The summed E-state index contributed by atoms with van der Waals surface area (Å²) >= 11 is 0. The van der Waals surface area contributed by atoms with Gasteiger partial charge in [0.15, 0.2) is 0 Å². The molecule has 0 aromatic heterocycles. The molecule has 1 amide bonds. The Kier molecular flexibility index (Phi) is 5.55. The Hall–Kier alpha value is -1.35. The van der Waals surface area contributed by atoms with Crippen molar-refractivity contribution in [1.29, 1.82) is 0 Å². The van der Waals surface area contributed by atoms with E-state index >= 15 is 0 Å². The predicted molar refractivity (Wildman–Crippen MR) is 80.6 cm³/mol. The van der Waals surface area contributed by atoms with Gasteiger partial charge in [0.25, 0.3) is 5.91 Å². The van der Waals surface area contributed by atoms with E-state index in [1.807, 2.05) is 18.2 Å². The number of nitrogens with one attached hydrogen (secondary N) is 2. The van der Waals surface area contributed by atoms with Gasteiger partial charge in [-0.1, -0.05) is 26.0 Å². The third-order valence-electron chi connectivity index (χ3n) is 2.88. The fourth-order valence-electron chi connectivity index (χ4n) is 1.75. The molecule has 19 heavy (non-hydrogen) atoms. The van der Waals surface area contributed by atoms with Gasteiger partial charge in [-0.3, -0.25) is 4.79 Å². The molecular formula is C16H26N2O. The van der Waals surface area contributed by atoms with E-state index in [0.717, 1.165) is 12.1 Å². The van der Waals surface area contributed by atoms with Gasteiger partial charge in [-0.2, -0.15) is 0 Å². The lowest BCUT2D eigenvalue weighted by molar-refractivity contribution is 0.0953. The molecule has 1 rings (SSSR count). The molecule has 0 saturated carbocycles. The van der Waals surface area contributed by atoms with E-state index in [4.69, 9.17) is 0 Å². The lowest BCUT2D eigenvalue weighted by Crippen LogP contribution is -2.41. The lowest BCUT2D eigenvalue weighted by atomic mass is 10.0. The SMILES string of the molecule is CC(C)c1cccc(C(=O)NCCNC(C)(C)C)c1. The van der Waals surface area contributed by atoms with Crippen LogP contribution in [0.2, 0.25) is 0 Å². The highest BCUT2D eigenvalue weighted by atomic mass is 16.1. The van der Waals surface area contributed by atoms with Crippen molar-refractivity contribution in [2.24, 2.45) is 0 Å². The third kappa shape index (κ3) is 5.88. The highest BCUT2D eigenvalue weighted by Gasteiger charge is 2.09. The zero-order chi connectivity index (χ0) is 14.5. The third-order valence-corrected chi connectivity index (χ3v) is 2.88. The number of hydrogen-bond acceptors (Lipinski definition) is 2. The number of carbonyl (C=O) groups is 1. The molecule has 0 unspecified atom stereocenters. The van der Waals surface area contributed by atoms with Gasteiger partial charge in [0.05, 0.1) is 0 Å². The second-order valence-electron chi connectivity index (χ2n) is 6.21. The van der Waals surface area contributed by atoms with Crippen LogP contribution in [0, 0.1) is 0 Å². The monoisotopic (exact) mass is 262 g/mol. The maximum atomic E-state index is 12.0. The molecule has 1 aromatic carbocycles. The van der Waals surface area contributed by atoms with Gasteiger partial charge >= 0.3 is 0 Å². The Bertz CT molecular complexity index is 419. The maximum Gasteiger partial charge on any atom is 0.251 e. The Morgan fingerprint density at radius 2 is 1.89 bits per heavy atom. The molecule has 0 saturated heterocycles. The normalized spacial score (nSPS) is 11.7. The fourth-order valence-corrected chi connectivity index (χ4v) is 1.75. The van der Waals surface area contributed by atoms with E-state index in [-0.39, 0.29) is 11.4 Å². The van der Waals surface area contributed by atoms with Gasteiger partial charge in [-0.25, -0.2) is 0 Å². The summed E-state index contributed by atoms with van der Waals surface area (Å²) in [6, 6.07) is 7.83. The largest absolute Gasteiger partial charge is 0.351 e. The van der Waals surface area contributed by atoms with Crippen LogP contribution < -0.4 is 10.6 Å². The van der Waals surface area contributed by atoms with Crippen LogP contribution in [0.4, 0.5) is 0 Å². The van der Waals surface area contributed by atoms with Crippen LogP contribution in [-0.4, -0.2) is 24.5 Å². The molecule has 0 atom stereocenters. The zero-order valence-corrected chi connectivity index (χ0v) is 12.7. The summed E-state index contributed by atoms with van der Waals surface area (Å²) in [5.74, 6) is 0.438. The van der Waals surface area contributed by atoms with Gasteiger partial charge in [-0.15, -0.1) is 0 Å². The van der Waals surface area contributed by atoms with E-state index in [0.29, 0.717) is 12.5 Å². The summed E-state index contributed by atoms with van der Waals surface area (Å²) < 4.78 is 0. The van der Waals surface area contributed by atoms with Gasteiger partial charge in [0.2, 0.25) is 0 Å². The van der Waals surface area contributed by atoms with Crippen LogP contribution in [0.15, 0.2) is 24.3 Å². The molecule has 0 heterocycles. The predicted octanol–water partition coefficient (Wildman–Crippen LogP) is 2.93. The van der Waals surface area contributed by atoms with Crippen molar-refractivity contribution in [3.05, 3.63) is 35.4 Å². The molecule has 0 aliphatic carbocycles. The first-order chi connectivity index (χ1) is 8.79.